The Balaban J connectivity index is 4.20. The van der Waals surface area contributed by atoms with Crippen molar-refractivity contribution in [3.63, 3.8) is 0 Å². The summed E-state index contributed by atoms with van der Waals surface area (Å²) < 4.78 is 11.3. The largest absolute Gasteiger partial charge is 0.520 e. The van der Waals surface area contributed by atoms with Crippen molar-refractivity contribution >= 4 is 8.32 Å². The third-order valence-electron chi connectivity index (χ3n) is 1.36. The SMILES string of the molecule is C=CCCOC(O[Si](C)(C)C)=C(C)C. The Morgan fingerprint density at radius 3 is 2.21 bits per heavy atom. The van der Waals surface area contributed by atoms with E-state index in [-0.39, 0.29) is 0 Å². The first-order valence-electron chi connectivity index (χ1n) is 4.97. The summed E-state index contributed by atoms with van der Waals surface area (Å²) in [5.41, 5.74) is 1.09. The van der Waals surface area contributed by atoms with Crippen LogP contribution in [0.4, 0.5) is 0 Å². The van der Waals surface area contributed by atoms with Crippen LogP contribution in [0.5, 0.6) is 0 Å². The minimum Gasteiger partial charge on any atom is -0.520 e. The molecule has 0 saturated carbocycles. The van der Waals surface area contributed by atoms with Crippen LogP contribution in [0.1, 0.15) is 20.3 Å². The Morgan fingerprint density at radius 1 is 1.29 bits per heavy atom. The first kappa shape index (κ1) is 13.3. The number of hydrogen-bond donors (Lipinski definition) is 0. The van der Waals surface area contributed by atoms with Gasteiger partial charge in [0.05, 0.1) is 6.61 Å². The van der Waals surface area contributed by atoms with Crippen molar-refractivity contribution in [2.24, 2.45) is 0 Å². The highest BCUT2D eigenvalue weighted by Crippen LogP contribution is 2.15. The van der Waals surface area contributed by atoms with E-state index < -0.39 is 8.32 Å². The molecule has 0 N–H and O–H groups in total. The van der Waals surface area contributed by atoms with Gasteiger partial charge in [0.25, 0.3) is 5.95 Å². The van der Waals surface area contributed by atoms with Crippen LogP contribution in [-0.2, 0) is 9.16 Å². The van der Waals surface area contributed by atoms with Crippen LogP contribution < -0.4 is 0 Å². The van der Waals surface area contributed by atoms with E-state index in [9.17, 15) is 0 Å². The van der Waals surface area contributed by atoms with E-state index in [1.165, 1.54) is 0 Å². The summed E-state index contributed by atoms with van der Waals surface area (Å²) in [6.45, 7) is 14.7. The fraction of sp³-hybridized carbons (Fsp3) is 0.636. The molecule has 0 atom stereocenters. The van der Waals surface area contributed by atoms with Gasteiger partial charge in [-0.05, 0) is 39.9 Å². The molecule has 2 nitrogen and oxygen atoms in total. The second-order valence-corrected chi connectivity index (χ2v) is 8.86. The van der Waals surface area contributed by atoms with Gasteiger partial charge in [0.1, 0.15) is 0 Å². The second kappa shape index (κ2) is 5.91. The zero-order valence-electron chi connectivity index (χ0n) is 10.0. The molecular formula is C11H22O2Si. The van der Waals surface area contributed by atoms with Crippen molar-refractivity contribution in [2.45, 2.75) is 39.9 Å². The molecule has 0 spiro atoms. The summed E-state index contributed by atoms with van der Waals surface area (Å²) in [6, 6.07) is 0. The topological polar surface area (TPSA) is 18.5 Å². The van der Waals surface area contributed by atoms with Gasteiger partial charge in [-0.1, -0.05) is 6.08 Å². The molecule has 0 aliphatic carbocycles. The fourth-order valence-electron chi connectivity index (χ4n) is 0.789. The molecule has 0 rings (SSSR count). The molecule has 0 aromatic rings. The molecule has 0 unspecified atom stereocenters. The maximum atomic E-state index is 5.81. The Bertz CT molecular complexity index is 210. The normalized spacial score (nSPS) is 10.6. The number of hydrogen-bond acceptors (Lipinski definition) is 2. The molecule has 0 aromatic heterocycles. The van der Waals surface area contributed by atoms with Crippen molar-refractivity contribution in [3.8, 4) is 0 Å². The summed E-state index contributed by atoms with van der Waals surface area (Å²) >= 11 is 0. The third kappa shape index (κ3) is 6.77. The van der Waals surface area contributed by atoms with E-state index in [0.29, 0.717) is 12.6 Å². The highest BCUT2D eigenvalue weighted by atomic mass is 28.4. The minimum atomic E-state index is -1.55. The fourth-order valence-corrected chi connectivity index (χ4v) is 1.61. The summed E-state index contributed by atoms with van der Waals surface area (Å²) in [5, 5.41) is 0. The number of rotatable bonds is 6. The number of ether oxygens (including phenoxy) is 1. The second-order valence-electron chi connectivity index (χ2n) is 4.43. The lowest BCUT2D eigenvalue weighted by Gasteiger charge is -2.22. The van der Waals surface area contributed by atoms with E-state index >= 15 is 0 Å². The zero-order chi connectivity index (χ0) is 11.2. The first-order valence-corrected chi connectivity index (χ1v) is 8.38. The van der Waals surface area contributed by atoms with Gasteiger partial charge in [0, 0.05) is 5.57 Å². The monoisotopic (exact) mass is 214 g/mol. The van der Waals surface area contributed by atoms with Gasteiger partial charge in [-0.2, -0.15) is 0 Å². The molecule has 14 heavy (non-hydrogen) atoms. The molecule has 0 amide bonds. The van der Waals surface area contributed by atoms with Crippen LogP contribution in [-0.4, -0.2) is 14.9 Å². The van der Waals surface area contributed by atoms with E-state index in [2.05, 4.69) is 26.2 Å². The molecule has 0 saturated heterocycles. The Morgan fingerprint density at radius 2 is 1.86 bits per heavy atom. The van der Waals surface area contributed by atoms with Crippen LogP contribution in [0.25, 0.3) is 0 Å². The van der Waals surface area contributed by atoms with Gasteiger partial charge in [-0.3, -0.25) is 0 Å². The summed E-state index contributed by atoms with van der Waals surface area (Å²) in [7, 11) is -1.55. The van der Waals surface area contributed by atoms with Crippen molar-refractivity contribution in [3.05, 3.63) is 24.2 Å². The summed E-state index contributed by atoms with van der Waals surface area (Å²) in [5.74, 6) is 0.700. The van der Waals surface area contributed by atoms with E-state index in [0.717, 1.165) is 12.0 Å². The van der Waals surface area contributed by atoms with Crippen molar-refractivity contribution in [1.29, 1.82) is 0 Å². The standard InChI is InChI=1S/C11H22O2Si/c1-7-8-9-12-11(10(2)3)13-14(4,5)6/h7H,1,8-9H2,2-6H3. The molecule has 3 heteroatoms. The van der Waals surface area contributed by atoms with Crippen LogP contribution in [0, 0.1) is 0 Å². The predicted molar refractivity (Wildman–Crippen MR) is 63.6 cm³/mol. The van der Waals surface area contributed by atoms with Crippen LogP contribution in [0.2, 0.25) is 19.6 Å². The van der Waals surface area contributed by atoms with E-state index in [1.54, 1.807) is 0 Å². The van der Waals surface area contributed by atoms with Gasteiger partial charge in [0.15, 0.2) is 0 Å². The Hall–Kier alpha value is -0.703. The maximum Gasteiger partial charge on any atom is 0.263 e. The van der Waals surface area contributed by atoms with Gasteiger partial charge < -0.3 is 9.16 Å². The average molecular weight is 214 g/mol. The van der Waals surface area contributed by atoms with Gasteiger partial charge >= 0.3 is 0 Å². The zero-order valence-corrected chi connectivity index (χ0v) is 11.0. The Kier molecular flexibility index (Phi) is 5.61. The quantitative estimate of drug-likeness (QED) is 0.291. The molecule has 82 valence electrons. The van der Waals surface area contributed by atoms with Gasteiger partial charge in [-0.15, -0.1) is 6.58 Å². The highest BCUT2D eigenvalue weighted by Gasteiger charge is 2.19. The molecular weight excluding hydrogens is 192 g/mol. The molecule has 0 aliphatic rings. The smallest absolute Gasteiger partial charge is 0.263 e. The van der Waals surface area contributed by atoms with Crippen molar-refractivity contribution in [2.75, 3.05) is 6.61 Å². The molecule has 0 aromatic carbocycles. The highest BCUT2D eigenvalue weighted by molar-refractivity contribution is 6.70. The summed E-state index contributed by atoms with van der Waals surface area (Å²) in [6.07, 6.45) is 2.70. The van der Waals surface area contributed by atoms with E-state index in [1.807, 2.05) is 19.9 Å². The number of allylic oxidation sites excluding steroid dienone is 1. The Labute approximate surface area is 88.7 Å². The lowest BCUT2D eigenvalue weighted by atomic mass is 10.4. The maximum absolute atomic E-state index is 5.81. The molecule has 0 aliphatic heterocycles. The lowest BCUT2D eigenvalue weighted by Crippen LogP contribution is -2.26. The third-order valence-corrected chi connectivity index (χ3v) is 2.16. The van der Waals surface area contributed by atoms with Gasteiger partial charge in [-0.25, -0.2) is 0 Å². The van der Waals surface area contributed by atoms with Crippen LogP contribution in [0.15, 0.2) is 24.2 Å². The van der Waals surface area contributed by atoms with E-state index in [4.69, 9.17) is 9.16 Å². The summed E-state index contributed by atoms with van der Waals surface area (Å²) in [4.78, 5) is 0. The lowest BCUT2D eigenvalue weighted by molar-refractivity contribution is 0.102. The first-order chi connectivity index (χ1) is 6.37. The molecule has 0 heterocycles. The van der Waals surface area contributed by atoms with Crippen LogP contribution >= 0.6 is 0 Å². The average Bonchev–Trinajstić information content (AvgIpc) is 2.00. The van der Waals surface area contributed by atoms with Crippen LogP contribution in [0.3, 0.4) is 0 Å². The molecule has 0 radical (unpaired) electrons. The molecule has 0 fully saturated rings. The predicted octanol–water partition coefficient (Wildman–Crippen LogP) is 3.68. The van der Waals surface area contributed by atoms with Gasteiger partial charge in [0.2, 0.25) is 8.32 Å². The minimum absolute atomic E-state index is 0.647. The molecule has 0 bridgehead atoms. The van der Waals surface area contributed by atoms with Crippen molar-refractivity contribution < 1.29 is 9.16 Å². The van der Waals surface area contributed by atoms with Crippen molar-refractivity contribution in [1.82, 2.24) is 0 Å².